The van der Waals surface area contributed by atoms with Crippen LogP contribution in [0.3, 0.4) is 0 Å². The molecule has 3 aromatic rings. The second kappa shape index (κ2) is 7.69. The first kappa shape index (κ1) is 19.4. The largest absolute Gasteiger partial charge is 0.487 e. The van der Waals surface area contributed by atoms with Crippen LogP contribution in [0.2, 0.25) is 0 Å². The van der Waals surface area contributed by atoms with E-state index in [1.807, 2.05) is 0 Å². The van der Waals surface area contributed by atoms with Crippen molar-refractivity contribution in [2.45, 2.75) is 6.10 Å². The highest BCUT2D eigenvalue weighted by Gasteiger charge is 2.22. The van der Waals surface area contributed by atoms with Gasteiger partial charge in [-0.1, -0.05) is 0 Å². The molecule has 2 aromatic carbocycles. The number of benzene rings is 2. The molecule has 0 aliphatic carbocycles. The number of nitrogens with zero attached hydrogens (tertiary/aromatic N) is 1. The summed E-state index contributed by atoms with van der Waals surface area (Å²) in [4.78, 5) is 15.0. The molecular weight excluding hydrogens is 384 g/mol. The van der Waals surface area contributed by atoms with Gasteiger partial charge in [0.25, 0.3) is 5.91 Å². The molecule has 1 atom stereocenters. The number of aliphatic hydroxyl groups is 1. The van der Waals surface area contributed by atoms with Gasteiger partial charge in [0.1, 0.15) is 41.6 Å². The third-order valence-electron chi connectivity index (χ3n) is 3.71. The lowest BCUT2D eigenvalue weighted by molar-refractivity contribution is 0.0819. The van der Waals surface area contributed by atoms with E-state index in [1.54, 1.807) is 0 Å². The Morgan fingerprint density at radius 3 is 2.61 bits per heavy atom. The number of primary amides is 1. The minimum Gasteiger partial charge on any atom is -0.487 e. The molecule has 28 heavy (non-hydrogen) atoms. The molecule has 6 nitrogen and oxygen atoms in total. The van der Waals surface area contributed by atoms with Crippen LogP contribution < -0.4 is 10.5 Å². The fraction of sp³-hybridized carbons (Fsp3) is 0.111. The van der Waals surface area contributed by atoms with Crippen LogP contribution in [0.15, 0.2) is 41.0 Å². The summed E-state index contributed by atoms with van der Waals surface area (Å²) >= 11 is 0. The lowest BCUT2D eigenvalue weighted by Gasteiger charge is -2.11. The Hall–Kier alpha value is -3.40. The zero-order chi connectivity index (χ0) is 20.4. The monoisotopic (exact) mass is 396 g/mol. The summed E-state index contributed by atoms with van der Waals surface area (Å²) in [5.74, 6) is -6.24. The molecule has 0 radical (unpaired) electrons. The molecule has 0 aliphatic rings. The number of rotatable bonds is 6. The van der Waals surface area contributed by atoms with Gasteiger partial charge in [0.15, 0.2) is 17.7 Å². The number of nitrogens with two attached hydrogens (primary N) is 1. The quantitative estimate of drug-likeness (QED) is 0.624. The highest BCUT2D eigenvalue weighted by atomic mass is 19.1. The Morgan fingerprint density at radius 1 is 1.18 bits per heavy atom. The average Bonchev–Trinajstić information content (AvgIpc) is 3.10. The fourth-order valence-electron chi connectivity index (χ4n) is 2.37. The molecule has 1 aromatic heterocycles. The second-order valence-corrected chi connectivity index (χ2v) is 5.62. The third kappa shape index (κ3) is 3.81. The van der Waals surface area contributed by atoms with Gasteiger partial charge in [-0.3, -0.25) is 4.79 Å². The normalized spacial score (nSPS) is 12.0. The Kier molecular flexibility index (Phi) is 5.32. The summed E-state index contributed by atoms with van der Waals surface area (Å²) in [6.07, 6.45) is -0.461. The summed E-state index contributed by atoms with van der Waals surface area (Å²) in [6, 6.07) is 4.54. The van der Waals surface area contributed by atoms with E-state index >= 15 is 0 Å². The molecule has 1 amide bonds. The standard InChI is InChI=1S/C18H12F4N2O4/c19-8-1-2-9(11(21)5-8)12-6-28-18(24-12)13(25)7-27-14-4-3-10(20)15(16(14)22)17(23)26/h1-6,13,25H,7H2,(H2,23,26). The Labute approximate surface area is 155 Å². The van der Waals surface area contributed by atoms with E-state index in [4.69, 9.17) is 14.9 Å². The van der Waals surface area contributed by atoms with Crippen molar-refractivity contribution >= 4 is 5.91 Å². The molecule has 0 saturated carbocycles. The second-order valence-electron chi connectivity index (χ2n) is 5.62. The van der Waals surface area contributed by atoms with Crippen LogP contribution in [-0.2, 0) is 0 Å². The minimum atomic E-state index is -1.50. The van der Waals surface area contributed by atoms with E-state index in [0.29, 0.717) is 6.07 Å². The number of amides is 1. The van der Waals surface area contributed by atoms with Crippen LogP contribution in [0.25, 0.3) is 11.3 Å². The van der Waals surface area contributed by atoms with Gasteiger partial charge in [-0.15, -0.1) is 0 Å². The van der Waals surface area contributed by atoms with Crippen molar-refractivity contribution in [1.82, 2.24) is 4.98 Å². The molecule has 0 fully saturated rings. The summed E-state index contributed by atoms with van der Waals surface area (Å²) in [7, 11) is 0. The zero-order valence-corrected chi connectivity index (χ0v) is 14.0. The van der Waals surface area contributed by atoms with Crippen molar-refractivity contribution in [2.75, 3.05) is 6.61 Å². The third-order valence-corrected chi connectivity index (χ3v) is 3.71. The van der Waals surface area contributed by atoms with Crippen LogP contribution in [-0.4, -0.2) is 22.6 Å². The molecule has 3 rings (SSSR count). The zero-order valence-electron chi connectivity index (χ0n) is 14.0. The molecular formula is C18H12F4N2O4. The van der Waals surface area contributed by atoms with Gasteiger partial charge in [-0.05, 0) is 24.3 Å². The first-order valence-corrected chi connectivity index (χ1v) is 7.77. The highest BCUT2D eigenvalue weighted by molar-refractivity contribution is 5.93. The van der Waals surface area contributed by atoms with E-state index in [0.717, 1.165) is 30.5 Å². The minimum absolute atomic E-state index is 0.00414. The lowest BCUT2D eigenvalue weighted by atomic mass is 10.1. The van der Waals surface area contributed by atoms with E-state index < -0.39 is 53.2 Å². The first-order chi connectivity index (χ1) is 13.3. The van der Waals surface area contributed by atoms with Gasteiger partial charge in [0.2, 0.25) is 5.89 Å². The van der Waals surface area contributed by atoms with Gasteiger partial charge < -0.3 is 20.0 Å². The number of ether oxygens (including phenoxy) is 1. The van der Waals surface area contributed by atoms with Crippen molar-refractivity contribution in [2.24, 2.45) is 5.73 Å². The van der Waals surface area contributed by atoms with Gasteiger partial charge in [-0.2, -0.15) is 0 Å². The molecule has 1 unspecified atom stereocenters. The summed E-state index contributed by atoms with van der Waals surface area (Å²) in [5, 5.41) is 10.1. The van der Waals surface area contributed by atoms with Gasteiger partial charge >= 0.3 is 0 Å². The number of oxazole rings is 1. The van der Waals surface area contributed by atoms with E-state index in [2.05, 4.69) is 4.98 Å². The topological polar surface area (TPSA) is 98.6 Å². The van der Waals surface area contributed by atoms with Crippen LogP contribution in [0.1, 0.15) is 22.4 Å². The van der Waals surface area contributed by atoms with Crippen LogP contribution in [0, 0.1) is 23.3 Å². The predicted molar refractivity (Wildman–Crippen MR) is 87.2 cm³/mol. The SMILES string of the molecule is NC(=O)c1c(F)ccc(OCC(O)c2nc(-c3ccc(F)cc3F)co2)c1F. The maximum absolute atomic E-state index is 14.1. The summed E-state index contributed by atoms with van der Waals surface area (Å²) in [5.41, 5.74) is 3.87. The molecule has 0 saturated heterocycles. The first-order valence-electron chi connectivity index (χ1n) is 7.77. The number of hydrogen-bond acceptors (Lipinski definition) is 5. The van der Waals surface area contributed by atoms with E-state index in [9.17, 15) is 27.5 Å². The van der Waals surface area contributed by atoms with Crippen LogP contribution >= 0.6 is 0 Å². The predicted octanol–water partition coefficient (Wildman–Crippen LogP) is 3.11. The van der Waals surface area contributed by atoms with Crippen molar-refractivity contribution < 1.29 is 36.6 Å². The summed E-state index contributed by atoms with van der Waals surface area (Å²) < 4.78 is 64.3. The molecule has 10 heteroatoms. The smallest absolute Gasteiger partial charge is 0.254 e. The molecule has 0 aliphatic heterocycles. The number of hydrogen-bond donors (Lipinski definition) is 2. The maximum Gasteiger partial charge on any atom is 0.254 e. The van der Waals surface area contributed by atoms with Crippen molar-refractivity contribution in [3.63, 3.8) is 0 Å². The number of carbonyl (C=O) groups is 1. The Bertz CT molecular complexity index is 1040. The van der Waals surface area contributed by atoms with Crippen molar-refractivity contribution in [3.05, 3.63) is 71.3 Å². The number of carbonyl (C=O) groups excluding carboxylic acids is 1. The Morgan fingerprint density at radius 2 is 1.93 bits per heavy atom. The van der Waals surface area contributed by atoms with Gasteiger partial charge in [0.05, 0.1) is 0 Å². The molecule has 1 heterocycles. The highest BCUT2D eigenvalue weighted by Crippen LogP contribution is 2.27. The molecule has 146 valence electrons. The number of halogens is 4. The van der Waals surface area contributed by atoms with Crippen molar-refractivity contribution in [1.29, 1.82) is 0 Å². The lowest BCUT2D eigenvalue weighted by Crippen LogP contribution is -2.17. The van der Waals surface area contributed by atoms with Crippen LogP contribution in [0.5, 0.6) is 5.75 Å². The molecule has 3 N–H and O–H groups in total. The summed E-state index contributed by atoms with van der Waals surface area (Å²) in [6.45, 7) is -0.577. The molecule has 0 spiro atoms. The molecule has 0 bridgehead atoms. The fourth-order valence-corrected chi connectivity index (χ4v) is 2.37. The van der Waals surface area contributed by atoms with Gasteiger partial charge in [-0.25, -0.2) is 22.5 Å². The maximum atomic E-state index is 14.1. The number of aromatic nitrogens is 1. The van der Waals surface area contributed by atoms with E-state index in [-0.39, 0.29) is 17.1 Å². The number of aliphatic hydroxyl groups excluding tert-OH is 1. The Balaban J connectivity index is 1.75. The van der Waals surface area contributed by atoms with Crippen molar-refractivity contribution in [3.8, 4) is 17.0 Å². The van der Waals surface area contributed by atoms with Crippen LogP contribution in [0.4, 0.5) is 17.6 Å². The average molecular weight is 396 g/mol. The van der Waals surface area contributed by atoms with Gasteiger partial charge in [0, 0.05) is 11.6 Å². The van der Waals surface area contributed by atoms with E-state index in [1.165, 1.54) is 0 Å².